The Kier molecular flexibility index (Phi) is 9.35. The minimum absolute atomic E-state index is 0. The van der Waals surface area contributed by atoms with Gasteiger partial charge >= 0.3 is 5.97 Å². The first-order valence-corrected chi connectivity index (χ1v) is 3.42. The molecule has 0 amide bonds. The van der Waals surface area contributed by atoms with Crippen LogP contribution in [0.3, 0.4) is 0 Å². The molecule has 0 rings (SSSR count). The summed E-state index contributed by atoms with van der Waals surface area (Å²) >= 11 is 0. The quantitative estimate of drug-likeness (QED) is 0.667. The largest absolute Gasteiger partial charge is 0.481 e. The molecule has 0 aromatic rings. The summed E-state index contributed by atoms with van der Waals surface area (Å²) in [6.07, 6.45) is 2.28. The van der Waals surface area contributed by atoms with Gasteiger partial charge in [0.15, 0.2) is 0 Å². The monoisotopic (exact) mass is 178 g/mol. The average Bonchev–Trinajstić information content (AvgIpc) is 1.82. The van der Waals surface area contributed by atoms with Gasteiger partial charge < -0.3 is 5.11 Å². The summed E-state index contributed by atoms with van der Waals surface area (Å²) in [5.74, 6) is -0.300. The molecule has 0 spiro atoms. The fourth-order valence-corrected chi connectivity index (χ4v) is 0.824. The van der Waals surface area contributed by atoms with Gasteiger partial charge in [0.25, 0.3) is 0 Å². The van der Waals surface area contributed by atoms with E-state index >= 15 is 0 Å². The van der Waals surface area contributed by atoms with Crippen LogP contribution in [-0.2, 0) is 26.5 Å². The SMILES string of the molecule is CCC(CC)CC(=O)O.[Ti]. The Morgan fingerprint density at radius 1 is 1.40 bits per heavy atom. The van der Waals surface area contributed by atoms with E-state index in [1.54, 1.807) is 0 Å². The van der Waals surface area contributed by atoms with E-state index in [4.69, 9.17) is 5.11 Å². The Morgan fingerprint density at radius 3 is 1.90 bits per heavy atom. The zero-order valence-corrected chi connectivity index (χ0v) is 8.12. The van der Waals surface area contributed by atoms with Gasteiger partial charge in [-0.15, -0.1) is 0 Å². The Bertz CT molecular complexity index is 89.6. The van der Waals surface area contributed by atoms with Gasteiger partial charge in [-0.25, -0.2) is 0 Å². The molecule has 10 heavy (non-hydrogen) atoms. The van der Waals surface area contributed by atoms with Gasteiger partial charge in [0.1, 0.15) is 0 Å². The molecule has 0 aliphatic rings. The van der Waals surface area contributed by atoms with E-state index in [0.29, 0.717) is 12.3 Å². The molecule has 3 heteroatoms. The van der Waals surface area contributed by atoms with E-state index in [2.05, 4.69) is 0 Å². The Balaban J connectivity index is 0. The molecule has 0 bridgehead atoms. The van der Waals surface area contributed by atoms with Crippen LogP contribution in [0.1, 0.15) is 33.1 Å². The van der Waals surface area contributed by atoms with Crippen LogP contribution in [0.25, 0.3) is 0 Å². The van der Waals surface area contributed by atoms with Crippen molar-refractivity contribution in [2.24, 2.45) is 5.92 Å². The molecule has 0 radical (unpaired) electrons. The van der Waals surface area contributed by atoms with E-state index in [9.17, 15) is 4.79 Å². The fraction of sp³-hybridized carbons (Fsp3) is 0.857. The third-order valence-electron chi connectivity index (χ3n) is 1.62. The predicted molar refractivity (Wildman–Crippen MR) is 36.3 cm³/mol. The molecule has 0 unspecified atom stereocenters. The van der Waals surface area contributed by atoms with E-state index in [-0.39, 0.29) is 21.7 Å². The maximum absolute atomic E-state index is 10.1. The molecule has 58 valence electrons. The number of hydrogen-bond acceptors (Lipinski definition) is 1. The van der Waals surface area contributed by atoms with Crippen molar-refractivity contribution in [1.82, 2.24) is 0 Å². The number of carbonyl (C=O) groups is 1. The minimum Gasteiger partial charge on any atom is -0.481 e. The molecule has 0 saturated carbocycles. The van der Waals surface area contributed by atoms with Gasteiger partial charge in [-0.1, -0.05) is 26.7 Å². The molecule has 0 aromatic heterocycles. The van der Waals surface area contributed by atoms with Gasteiger partial charge in [0, 0.05) is 28.1 Å². The smallest absolute Gasteiger partial charge is 0.303 e. The first-order valence-electron chi connectivity index (χ1n) is 3.42. The summed E-state index contributed by atoms with van der Waals surface area (Å²) < 4.78 is 0. The Labute approximate surface area is 76.9 Å². The Hall–Kier alpha value is 0.184. The predicted octanol–water partition coefficient (Wildman–Crippen LogP) is 1.89. The molecule has 0 aliphatic heterocycles. The molecular weight excluding hydrogens is 164 g/mol. The first kappa shape index (κ1) is 12.8. The van der Waals surface area contributed by atoms with Crippen molar-refractivity contribution in [3.63, 3.8) is 0 Å². The van der Waals surface area contributed by atoms with Crippen molar-refractivity contribution in [2.75, 3.05) is 0 Å². The minimum atomic E-state index is -0.677. The first-order chi connectivity index (χ1) is 4.20. The van der Waals surface area contributed by atoms with Crippen molar-refractivity contribution in [1.29, 1.82) is 0 Å². The van der Waals surface area contributed by atoms with Crippen LogP contribution in [0.2, 0.25) is 0 Å². The van der Waals surface area contributed by atoms with Crippen LogP contribution in [0, 0.1) is 5.92 Å². The molecule has 0 fully saturated rings. The third-order valence-corrected chi connectivity index (χ3v) is 1.62. The van der Waals surface area contributed by atoms with Crippen molar-refractivity contribution < 1.29 is 31.6 Å². The molecule has 0 aliphatic carbocycles. The maximum Gasteiger partial charge on any atom is 0.303 e. The van der Waals surface area contributed by atoms with Crippen molar-refractivity contribution in [3.05, 3.63) is 0 Å². The van der Waals surface area contributed by atoms with Crippen LogP contribution in [0.5, 0.6) is 0 Å². The molecule has 0 atom stereocenters. The van der Waals surface area contributed by atoms with Crippen LogP contribution >= 0.6 is 0 Å². The van der Waals surface area contributed by atoms with Crippen LogP contribution < -0.4 is 0 Å². The molecule has 0 heterocycles. The summed E-state index contributed by atoms with van der Waals surface area (Å²) in [4.78, 5) is 10.1. The maximum atomic E-state index is 10.1. The summed E-state index contributed by atoms with van der Waals surface area (Å²) in [7, 11) is 0. The summed E-state index contributed by atoms with van der Waals surface area (Å²) in [5, 5.41) is 8.35. The summed E-state index contributed by atoms with van der Waals surface area (Å²) in [6.45, 7) is 4.05. The number of carboxylic acid groups (broad SMARTS) is 1. The average molecular weight is 178 g/mol. The second-order valence-electron chi connectivity index (χ2n) is 2.28. The normalized spacial score (nSPS) is 9.10. The van der Waals surface area contributed by atoms with Gasteiger partial charge in [0.05, 0.1) is 0 Å². The molecule has 1 N–H and O–H groups in total. The van der Waals surface area contributed by atoms with E-state index in [0.717, 1.165) is 12.8 Å². The second kappa shape index (κ2) is 7.29. The van der Waals surface area contributed by atoms with E-state index in [1.165, 1.54) is 0 Å². The van der Waals surface area contributed by atoms with Crippen LogP contribution in [0.15, 0.2) is 0 Å². The van der Waals surface area contributed by atoms with Crippen molar-refractivity contribution >= 4 is 5.97 Å². The topological polar surface area (TPSA) is 37.3 Å². The zero-order valence-electron chi connectivity index (χ0n) is 6.55. The summed E-state index contributed by atoms with van der Waals surface area (Å²) in [5.41, 5.74) is 0. The zero-order chi connectivity index (χ0) is 7.28. The van der Waals surface area contributed by atoms with Crippen LogP contribution in [-0.4, -0.2) is 11.1 Å². The number of hydrogen-bond donors (Lipinski definition) is 1. The van der Waals surface area contributed by atoms with Gasteiger partial charge in [-0.05, 0) is 5.92 Å². The molecule has 0 aromatic carbocycles. The number of rotatable bonds is 4. The third kappa shape index (κ3) is 6.31. The van der Waals surface area contributed by atoms with Gasteiger partial charge in [0.2, 0.25) is 0 Å². The number of carboxylic acids is 1. The molecule has 0 saturated heterocycles. The Morgan fingerprint density at radius 2 is 1.80 bits per heavy atom. The summed E-state index contributed by atoms with van der Waals surface area (Å²) in [6, 6.07) is 0. The van der Waals surface area contributed by atoms with Gasteiger partial charge in [-0.3, -0.25) is 4.79 Å². The number of aliphatic carboxylic acids is 1. The standard InChI is InChI=1S/C7H14O2.Ti/c1-3-6(4-2)5-7(8)9;/h6H,3-5H2,1-2H3,(H,8,9);. The van der Waals surface area contributed by atoms with E-state index < -0.39 is 5.97 Å². The second-order valence-corrected chi connectivity index (χ2v) is 2.28. The molecule has 2 nitrogen and oxygen atoms in total. The molecular formula is C7H14O2Ti. The van der Waals surface area contributed by atoms with E-state index in [1.807, 2.05) is 13.8 Å². The van der Waals surface area contributed by atoms with Gasteiger partial charge in [-0.2, -0.15) is 0 Å². The van der Waals surface area contributed by atoms with Crippen molar-refractivity contribution in [2.45, 2.75) is 33.1 Å². The van der Waals surface area contributed by atoms with Crippen LogP contribution in [0.4, 0.5) is 0 Å². The fourth-order valence-electron chi connectivity index (χ4n) is 0.824. The van der Waals surface area contributed by atoms with Crippen molar-refractivity contribution in [3.8, 4) is 0 Å².